The minimum absolute atomic E-state index is 0.156. The third-order valence-electron chi connectivity index (χ3n) is 5.50. The molecule has 0 unspecified atom stereocenters. The number of benzene rings is 2. The highest BCUT2D eigenvalue weighted by atomic mass is 35.5. The van der Waals surface area contributed by atoms with Gasteiger partial charge < -0.3 is 15.1 Å². The summed E-state index contributed by atoms with van der Waals surface area (Å²) in [6.45, 7) is 2.15. The molecule has 0 bridgehead atoms. The third-order valence-corrected chi connectivity index (χ3v) is 5.75. The van der Waals surface area contributed by atoms with Crippen molar-refractivity contribution in [3.8, 4) is 0 Å². The van der Waals surface area contributed by atoms with Crippen molar-refractivity contribution in [2.75, 3.05) is 13.1 Å². The topological polar surface area (TPSA) is 74.6 Å². The van der Waals surface area contributed by atoms with Crippen LogP contribution in [0.1, 0.15) is 28.5 Å². The predicted molar refractivity (Wildman–Crippen MR) is 118 cm³/mol. The molecule has 1 aromatic heterocycles. The number of furan rings is 1. The van der Waals surface area contributed by atoms with E-state index in [4.69, 9.17) is 16.0 Å². The second-order valence-electron chi connectivity index (χ2n) is 7.54. The Bertz CT molecular complexity index is 1030. The molecule has 2 amide bonds. The van der Waals surface area contributed by atoms with Gasteiger partial charge in [0.1, 0.15) is 5.76 Å². The molecule has 1 aliphatic rings. The first-order valence-electron chi connectivity index (χ1n) is 10.2. The van der Waals surface area contributed by atoms with Gasteiger partial charge in [-0.05, 0) is 47.4 Å². The summed E-state index contributed by atoms with van der Waals surface area (Å²) in [5, 5.41) is 6.02. The standard InChI is InChI=1S/C24H24ClN3O3/c25-20-9-7-17(8-10-20)14-26-23(29)24(30)27-15-21(22-6-3-13-31-22)28-12-11-18-4-1-2-5-19(18)16-28/h1-10,13,21H,11-12,14-16H2,(H,26,29)(H,27,30)/t21-/m0/s1. The molecule has 1 atom stereocenters. The molecule has 0 aliphatic carbocycles. The van der Waals surface area contributed by atoms with Crippen LogP contribution < -0.4 is 10.6 Å². The van der Waals surface area contributed by atoms with E-state index < -0.39 is 11.8 Å². The zero-order valence-electron chi connectivity index (χ0n) is 17.0. The van der Waals surface area contributed by atoms with Gasteiger partial charge in [0.05, 0.1) is 12.3 Å². The normalized spacial score (nSPS) is 14.5. The fourth-order valence-corrected chi connectivity index (χ4v) is 3.93. The summed E-state index contributed by atoms with van der Waals surface area (Å²) in [6, 6.07) is 19.1. The van der Waals surface area contributed by atoms with E-state index in [-0.39, 0.29) is 19.1 Å². The molecule has 0 radical (unpaired) electrons. The fraction of sp³-hybridized carbons (Fsp3) is 0.250. The van der Waals surface area contributed by atoms with Gasteiger partial charge in [-0.15, -0.1) is 0 Å². The Morgan fingerprint density at radius 1 is 0.968 bits per heavy atom. The van der Waals surface area contributed by atoms with Gasteiger partial charge in [-0.1, -0.05) is 48.0 Å². The largest absolute Gasteiger partial charge is 0.468 e. The van der Waals surface area contributed by atoms with Gasteiger partial charge in [0, 0.05) is 31.2 Å². The Morgan fingerprint density at radius 3 is 2.45 bits per heavy atom. The fourth-order valence-electron chi connectivity index (χ4n) is 3.81. The molecule has 160 valence electrons. The van der Waals surface area contributed by atoms with Crippen molar-refractivity contribution in [3.05, 3.63) is 94.4 Å². The van der Waals surface area contributed by atoms with Crippen molar-refractivity contribution in [2.24, 2.45) is 0 Å². The van der Waals surface area contributed by atoms with E-state index in [1.165, 1.54) is 11.1 Å². The van der Waals surface area contributed by atoms with Crippen LogP contribution in [-0.2, 0) is 29.1 Å². The van der Waals surface area contributed by atoms with E-state index in [0.29, 0.717) is 5.02 Å². The maximum Gasteiger partial charge on any atom is 0.309 e. The molecule has 6 nitrogen and oxygen atoms in total. The Kier molecular flexibility index (Phi) is 6.70. The second-order valence-corrected chi connectivity index (χ2v) is 7.98. The number of carbonyl (C=O) groups excluding carboxylic acids is 2. The summed E-state index contributed by atoms with van der Waals surface area (Å²) >= 11 is 5.87. The van der Waals surface area contributed by atoms with Crippen LogP contribution in [0.2, 0.25) is 5.02 Å². The van der Waals surface area contributed by atoms with Gasteiger partial charge >= 0.3 is 11.8 Å². The number of nitrogens with zero attached hydrogens (tertiary/aromatic N) is 1. The van der Waals surface area contributed by atoms with E-state index in [9.17, 15) is 9.59 Å². The Morgan fingerprint density at radius 2 is 1.71 bits per heavy atom. The number of hydrogen-bond donors (Lipinski definition) is 2. The molecule has 2 heterocycles. The van der Waals surface area contributed by atoms with Gasteiger partial charge in [-0.3, -0.25) is 14.5 Å². The Hall–Kier alpha value is -3.09. The average molecular weight is 438 g/mol. The molecular formula is C24H24ClN3O3. The molecule has 0 saturated heterocycles. The summed E-state index contributed by atoms with van der Waals surface area (Å²) in [6.07, 6.45) is 2.56. The number of fused-ring (bicyclic) bond motifs is 1. The van der Waals surface area contributed by atoms with Crippen LogP contribution in [0, 0.1) is 0 Å². The molecule has 4 rings (SSSR count). The number of hydrogen-bond acceptors (Lipinski definition) is 4. The maximum absolute atomic E-state index is 12.4. The Labute approximate surface area is 186 Å². The summed E-state index contributed by atoms with van der Waals surface area (Å²) in [7, 11) is 0. The number of halogens is 1. The van der Waals surface area contributed by atoms with E-state index in [0.717, 1.165) is 30.8 Å². The zero-order chi connectivity index (χ0) is 21.6. The van der Waals surface area contributed by atoms with E-state index in [2.05, 4.69) is 33.7 Å². The van der Waals surface area contributed by atoms with Crippen molar-refractivity contribution >= 4 is 23.4 Å². The first-order chi connectivity index (χ1) is 15.1. The molecule has 2 N–H and O–H groups in total. The van der Waals surface area contributed by atoms with Crippen LogP contribution in [0.15, 0.2) is 71.3 Å². The molecule has 7 heteroatoms. The van der Waals surface area contributed by atoms with Gasteiger partial charge in [-0.25, -0.2) is 0 Å². The van der Waals surface area contributed by atoms with Gasteiger partial charge in [-0.2, -0.15) is 0 Å². The molecular weight excluding hydrogens is 414 g/mol. The van der Waals surface area contributed by atoms with Crippen LogP contribution in [0.25, 0.3) is 0 Å². The number of carbonyl (C=O) groups is 2. The molecule has 2 aromatic carbocycles. The Balaban J connectivity index is 1.36. The minimum atomic E-state index is -0.669. The molecule has 0 fully saturated rings. The summed E-state index contributed by atoms with van der Waals surface area (Å²) in [5.74, 6) is -0.568. The van der Waals surface area contributed by atoms with Gasteiger partial charge in [0.2, 0.25) is 0 Å². The summed E-state index contributed by atoms with van der Waals surface area (Å²) in [5.41, 5.74) is 3.49. The van der Waals surface area contributed by atoms with Crippen molar-refractivity contribution < 1.29 is 14.0 Å². The number of nitrogens with one attached hydrogen (secondary N) is 2. The van der Waals surface area contributed by atoms with Gasteiger partial charge in [0.15, 0.2) is 0 Å². The number of rotatable bonds is 6. The van der Waals surface area contributed by atoms with Gasteiger partial charge in [0.25, 0.3) is 0 Å². The summed E-state index contributed by atoms with van der Waals surface area (Å²) in [4.78, 5) is 26.9. The van der Waals surface area contributed by atoms with Crippen LogP contribution >= 0.6 is 11.6 Å². The first-order valence-corrected chi connectivity index (χ1v) is 10.6. The van der Waals surface area contributed by atoms with Crippen molar-refractivity contribution in [1.82, 2.24) is 15.5 Å². The smallest absolute Gasteiger partial charge is 0.309 e. The lowest BCUT2D eigenvalue weighted by atomic mass is 9.98. The van der Waals surface area contributed by atoms with Crippen molar-refractivity contribution in [3.63, 3.8) is 0 Å². The average Bonchev–Trinajstić information content (AvgIpc) is 3.33. The number of amides is 2. The minimum Gasteiger partial charge on any atom is -0.468 e. The van der Waals surface area contributed by atoms with Crippen molar-refractivity contribution in [2.45, 2.75) is 25.6 Å². The second kappa shape index (κ2) is 9.81. The van der Waals surface area contributed by atoms with E-state index in [1.54, 1.807) is 18.4 Å². The molecule has 1 aliphatic heterocycles. The monoisotopic (exact) mass is 437 g/mol. The highest BCUT2D eigenvalue weighted by molar-refractivity contribution is 6.35. The van der Waals surface area contributed by atoms with Crippen LogP contribution in [-0.4, -0.2) is 29.8 Å². The van der Waals surface area contributed by atoms with Crippen LogP contribution in [0.4, 0.5) is 0 Å². The predicted octanol–water partition coefficient (Wildman–Crippen LogP) is 3.47. The molecule has 0 saturated carbocycles. The van der Waals surface area contributed by atoms with Crippen LogP contribution in [0.5, 0.6) is 0 Å². The van der Waals surface area contributed by atoms with E-state index in [1.807, 2.05) is 30.3 Å². The quantitative estimate of drug-likeness (QED) is 0.579. The maximum atomic E-state index is 12.4. The molecule has 3 aromatic rings. The lowest BCUT2D eigenvalue weighted by Gasteiger charge is -2.34. The van der Waals surface area contributed by atoms with Crippen LogP contribution in [0.3, 0.4) is 0 Å². The highest BCUT2D eigenvalue weighted by Gasteiger charge is 2.27. The SMILES string of the molecule is O=C(NCc1ccc(Cl)cc1)C(=O)NC[C@@H](c1ccco1)N1CCc2ccccc2C1. The van der Waals surface area contributed by atoms with E-state index >= 15 is 0 Å². The zero-order valence-corrected chi connectivity index (χ0v) is 17.8. The molecule has 0 spiro atoms. The summed E-state index contributed by atoms with van der Waals surface area (Å²) < 4.78 is 5.64. The first kappa shape index (κ1) is 21.2. The lowest BCUT2D eigenvalue weighted by Crippen LogP contribution is -2.45. The third kappa shape index (κ3) is 5.34. The lowest BCUT2D eigenvalue weighted by molar-refractivity contribution is -0.139. The highest BCUT2D eigenvalue weighted by Crippen LogP contribution is 2.27. The van der Waals surface area contributed by atoms with Crippen molar-refractivity contribution in [1.29, 1.82) is 0 Å². The molecule has 31 heavy (non-hydrogen) atoms.